The van der Waals surface area contributed by atoms with Gasteiger partial charge in [-0.25, -0.2) is 9.18 Å². The second kappa shape index (κ2) is 9.34. The highest BCUT2D eigenvalue weighted by Gasteiger charge is 2.32. The molecule has 2 amide bonds. The van der Waals surface area contributed by atoms with Crippen LogP contribution in [0.15, 0.2) is 54.6 Å². The van der Waals surface area contributed by atoms with Gasteiger partial charge < -0.3 is 15.0 Å². The minimum absolute atomic E-state index is 0.0425. The molecule has 3 aromatic rings. The van der Waals surface area contributed by atoms with Crippen molar-refractivity contribution in [2.24, 2.45) is 0 Å². The molecule has 1 unspecified atom stereocenters. The number of rotatable bonds is 5. The second-order valence-electron chi connectivity index (χ2n) is 7.63. The molecule has 8 heteroatoms. The standard InChI is InChI=1S/C23H25FN4O2S/c1-15-13-22(31-27-15)26-23(29)25-21-11-12-28(18-7-5-17(24)6-8-18)14-20(21)16-3-9-19(30-2)10-4-16/h3-10,13,20-21H,11-12,14H2,1-2H3,(H2,25,26,29)/t20?,21-/m1/s1. The maximum atomic E-state index is 13.4. The average molecular weight is 441 g/mol. The molecule has 1 fully saturated rings. The SMILES string of the molecule is COc1ccc(C2CN(c3ccc(F)cc3)CC[C@H]2NC(=O)Nc2cc(C)ns2)cc1. The van der Waals surface area contributed by atoms with E-state index < -0.39 is 0 Å². The van der Waals surface area contributed by atoms with Gasteiger partial charge in [0.05, 0.1) is 12.8 Å². The highest BCUT2D eigenvalue weighted by molar-refractivity contribution is 7.10. The first kappa shape index (κ1) is 21.1. The molecule has 2 heterocycles. The normalized spacial score (nSPS) is 18.5. The van der Waals surface area contributed by atoms with Gasteiger partial charge in [-0.05, 0) is 72.9 Å². The molecule has 2 atom stereocenters. The van der Waals surface area contributed by atoms with Gasteiger partial charge >= 0.3 is 6.03 Å². The van der Waals surface area contributed by atoms with Gasteiger partial charge in [-0.15, -0.1) is 0 Å². The molecule has 0 spiro atoms. The monoisotopic (exact) mass is 440 g/mol. The minimum atomic E-state index is -0.248. The quantitative estimate of drug-likeness (QED) is 0.599. The van der Waals surface area contributed by atoms with Crippen LogP contribution in [0.25, 0.3) is 0 Å². The lowest BCUT2D eigenvalue weighted by Gasteiger charge is -2.40. The average Bonchev–Trinajstić information content (AvgIpc) is 3.19. The summed E-state index contributed by atoms with van der Waals surface area (Å²) in [6, 6.07) is 16.1. The van der Waals surface area contributed by atoms with Crippen molar-refractivity contribution < 1.29 is 13.9 Å². The third-order valence-electron chi connectivity index (χ3n) is 5.53. The van der Waals surface area contributed by atoms with Crippen molar-refractivity contribution in [1.29, 1.82) is 0 Å². The smallest absolute Gasteiger partial charge is 0.320 e. The van der Waals surface area contributed by atoms with Crippen LogP contribution in [0.4, 0.5) is 19.9 Å². The van der Waals surface area contributed by atoms with E-state index in [9.17, 15) is 9.18 Å². The molecule has 0 saturated carbocycles. The Hall–Kier alpha value is -3.13. The maximum Gasteiger partial charge on any atom is 0.320 e. The Bertz CT molecular complexity index is 1020. The number of halogens is 1. The fraction of sp³-hybridized carbons (Fsp3) is 0.304. The molecule has 2 aromatic carbocycles. The molecule has 1 saturated heterocycles. The Kier molecular flexibility index (Phi) is 6.36. The highest BCUT2D eigenvalue weighted by atomic mass is 32.1. The minimum Gasteiger partial charge on any atom is -0.497 e. The van der Waals surface area contributed by atoms with Crippen LogP contribution in [-0.4, -0.2) is 36.6 Å². The third kappa shape index (κ3) is 5.14. The lowest BCUT2D eigenvalue weighted by molar-refractivity contribution is 0.243. The number of anilines is 2. The van der Waals surface area contributed by atoms with Crippen molar-refractivity contribution in [3.05, 3.63) is 71.7 Å². The van der Waals surface area contributed by atoms with Gasteiger partial charge in [0.15, 0.2) is 0 Å². The van der Waals surface area contributed by atoms with Gasteiger partial charge in [-0.2, -0.15) is 4.37 Å². The number of hydrogen-bond donors (Lipinski definition) is 2. The van der Waals surface area contributed by atoms with Crippen LogP contribution in [0.1, 0.15) is 23.6 Å². The summed E-state index contributed by atoms with van der Waals surface area (Å²) < 4.78 is 22.9. The largest absolute Gasteiger partial charge is 0.497 e. The zero-order valence-corrected chi connectivity index (χ0v) is 18.3. The van der Waals surface area contributed by atoms with Crippen LogP contribution >= 0.6 is 11.5 Å². The number of aryl methyl sites for hydroxylation is 1. The summed E-state index contributed by atoms with van der Waals surface area (Å²) in [5.41, 5.74) is 2.97. The van der Waals surface area contributed by atoms with Crippen molar-refractivity contribution in [2.45, 2.75) is 25.3 Å². The zero-order chi connectivity index (χ0) is 21.8. The summed E-state index contributed by atoms with van der Waals surface area (Å²) in [6.45, 7) is 3.37. The summed E-state index contributed by atoms with van der Waals surface area (Å²) in [4.78, 5) is 14.9. The number of carbonyl (C=O) groups is 1. The Balaban J connectivity index is 1.52. The van der Waals surface area contributed by atoms with Gasteiger partial charge in [-0.1, -0.05) is 12.1 Å². The topological polar surface area (TPSA) is 66.5 Å². The molecular formula is C23H25FN4O2S. The number of hydrogen-bond acceptors (Lipinski definition) is 5. The summed E-state index contributed by atoms with van der Waals surface area (Å²) in [5.74, 6) is 0.610. The van der Waals surface area contributed by atoms with Crippen molar-refractivity contribution in [2.75, 3.05) is 30.4 Å². The van der Waals surface area contributed by atoms with E-state index in [0.717, 1.165) is 40.7 Å². The van der Waals surface area contributed by atoms with Gasteiger partial charge in [-0.3, -0.25) is 5.32 Å². The van der Waals surface area contributed by atoms with Gasteiger partial charge in [0.1, 0.15) is 16.6 Å². The van der Waals surface area contributed by atoms with Crippen molar-refractivity contribution >= 4 is 28.3 Å². The van der Waals surface area contributed by atoms with Crippen LogP contribution in [0, 0.1) is 12.7 Å². The molecular weight excluding hydrogens is 415 g/mol. The molecule has 2 N–H and O–H groups in total. The lowest BCUT2D eigenvalue weighted by Crippen LogP contribution is -2.50. The van der Waals surface area contributed by atoms with E-state index in [1.54, 1.807) is 19.2 Å². The molecule has 0 radical (unpaired) electrons. The van der Waals surface area contributed by atoms with E-state index in [1.807, 2.05) is 37.3 Å². The van der Waals surface area contributed by atoms with Crippen LogP contribution in [0.2, 0.25) is 0 Å². The molecule has 1 aliphatic heterocycles. The molecule has 31 heavy (non-hydrogen) atoms. The molecule has 6 nitrogen and oxygen atoms in total. The van der Waals surface area contributed by atoms with Crippen molar-refractivity contribution in [1.82, 2.24) is 9.69 Å². The van der Waals surface area contributed by atoms with E-state index in [4.69, 9.17) is 4.74 Å². The number of methoxy groups -OCH3 is 1. The molecule has 0 aliphatic carbocycles. The van der Waals surface area contributed by atoms with Crippen molar-refractivity contribution in [3.8, 4) is 5.75 Å². The first-order valence-corrected chi connectivity index (χ1v) is 10.9. The molecule has 1 aliphatic rings. The highest BCUT2D eigenvalue weighted by Crippen LogP contribution is 2.31. The Morgan fingerprint density at radius 1 is 1.19 bits per heavy atom. The van der Waals surface area contributed by atoms with Gasteiger partial charge in [0.25, 0.3) is 0 Å². The predicted molar refractivity (Wildman–Crippen MR) is 122 cm³/mol. The Morgan fingerprint density at radius 3 is 2.58 bits per heavy atom. The molecule has 4 rings (SSSR count). The van der Waals surface area contributed by atoms with E-state index >= 15 is 0 Å². The van der Waals surface area contributed by atoms with Crippen molar-refractivity contribution in [3.63, 3.8) is 0 Å². The number of urea groups is 1. The Labute approximate surface area is 185 Å². The predicted octanol–water partition coefficient (Wildman–Crippen LogP) is 4.78. The second-order valence-corrected chi connectivity index (χ2v) is 8.43. The summed E-state index contributed by atoms with van der Waals surface area (Å²) in [7, 11) is 1.64. The van der Waals surface area contributed by atoms with E-state index in [-0.39, 0.29) is 23.8 Å². The molecule has 1 aromatic heterocycles. The van der Waals surface area contributed by atoms with Crippen LogP contribution in [-0.2, 0) is 0 Å². The lowest BCUT2D eigenvalue weighted by atomic mass is 9.85. The maximum absolute atomic E-state index is 13.4. The van der Waals surface area contributed by atoms with Crippen LogP contribution < -0.4 is 20.3 Å². The molecule has 162 valence electrons. The number of amides is 2. The van der Waals surface area contributed by atoms with Gasteiger partial charge in [0.2, 0.25) is 0 Å². The first-order chi connectivity index (χ1) is 15.0. The van der Waals surface area contributed by atoms with E-state index in [0.29, 0.717) is 6.54 Å². The summed E-state index contributed by atoms with van der Waals surface area (Å²) in [6.07, 6.45) is 0.767. The number of aromatic nitrogens is 1. The number of ether oxygens (including phenoxy) is 1. The number of carbonyl (C=O) groups excluding carboxylic acids is 1. The van der Waals surface area contributed by atoms with Crippen LogP contribution in [0.5, 0.6) is 5.75 Å². The third-order valence-corrected chi connectivity index (χ3v) is 6.33. The van der Waals surface area contributed by atoms with E-state index in [1.165, 1.54) is 23.7 Å². The van der Waals surface area contributed by atoms with Gasteiger partial charge in [0, 0.05) is 30.7 Å². The number of benzene rings is 2. The summed E-state index contributed by atoms with van der Waals surface area (Å²) >= 11 is 1.27. The van der Waals surface area contributed by atoms with Crippen LogP contribution in [0.3, 0.4) is 0 Å². The van der Waals surface area contributed by atoms with E-state index in [2.05, 4.69) is 19.9 Å². The first-order valence-electron chi connectivity index (χ1n) is 10.2. The molecule has 0 bridgehead atoms. The number of nitrogens with one attached hydrogen (secondary N) is 2. The zero-order valence-electron chi connectivity index (χ0n) is 17.5. The fourth-order valence-electron chi connectivity index (χ4n) is 3.94. The fourth-order valence-corrected chi connectivity index (χ4v) is 4.60. The Morgan fingerprint density at radius 2 is 1.94 bits per heavy atom. The summed E-state index contributed by atoms with van der Waals surface area (Å²) in [5, 5.41) is 6.75. The number of nitrogens with zero attached hydrogens (tertiary/aromatic N) is 2. The number of piperidine rings is 1.